The summed E-state index contributed by atoms with van der Waals surface area (Å²) in [5.74, 6) is 6.70. The third-order valence-electron chi connectivity index (χ3n) is 10.6. The number of ether oxygens (including phenoxy) is 1. The summed E-state index contributed by atoms with van der Waals surface area (Å²) >= 11 is 0. The van der Waals surface area contributed by atoms with Crippen LogP contribution in [0.25, 0.3) is 0 Å². The molecule has 4 rings (SSSR count). The van der Waals surface area contributed by atoms with Crippen molar-refractivity contribution < 1.29 is 4.74 Å². The molecule has 0 saturated heterocycles. The summed E-state index contributed by atoms with van der Waals surface area (Å²) in [6, 6.07) is 0. The van der Waals surface area contributed by atoms with E-state index in [0.717, 1.165) is 48.0 Å². The van der Waals surface area contributed by atoms with E-state index in [9.17, 15) is 0 Å². The molecule has 0 spiro atoms. The Morgan fingerprint density at radius 3 is 2.48 bits per heavy atom. The monoisotopic (exact) mass is 401 g/mol. The van der Waals surface area contributed by atoms with Crippen molar-refractivity contribution in [2.75, 3.05) is 20.7 Å². The van der Waals surface area contributed by atoms with Crippen LogP contribution in [0.4, 0.5) is 0 Å². The molecule has 2 heteroatoms. The first-order valence-electron chi connectivity index (χ1n) is 12.8. The lowest BCUT2D eigenvalue weighted by Crippen LogP contribution is -2.55. The lowest BCUT2D eigenvalue weighted by Gasteiger charge is -2.62. The highest BCUT2D eigenvalue weighted by Crippen LogP contribution is 2.68. The maximum Gasteiger partial charge on any atom is 0.181 e. The van der Waals surface area contributed by atoms with E-state index >= 15 is 0 Å². The number of fused-ring (bicyclic) bond motifs is 5. The average molecular weight is 402 g/mol. The van der Waals surface area contributed by atoms with E-state index < -0.39 is 0 Å². The molecule has 0 aliphatic heterocycles. The van der Waals surface area contributed by atoms with Gasteiger partial charge in [-0.05, 0) is 111 Å². The van der Waals surface area contributed by atoms with Gasteiger partial charge in [0.2, 0.25) is 0 Å². The summed E-state index contributed by atoms with van der Waals surface area (Å²) in [4.78, 5) is 1.97. The number of hydrogen-bond donors (Lipinski definition) is 0. The SMILES string of the molecule is C=C(OCCCC1CCC2[C@@H]3C[C@H](C)[C@@H]4CCCC[C@]4(C)[C@H]3CC[C@]12C)N(C)C. The van der Waals surface area contributed by atoms with Crippen LogP contribution in [0.15, 0.2) is 12.5 Å². The predicted octanol–water partition coefficient (Wildman–Crippen LogP) is 7.11. The summed E-state index contributed by atoms with van der Waals surface area (Å²) in [5, 5.41) is 0. The number of hydrogen-bond acceptors (Lipinski definition) is 2. The van der Waals surface area contributed by atoms with Gasteiger partial charge in [-0.2, -0.15) is 0 Å². The zero-order chi connectivity index (χ0) is 20.8. The molecule has 0 aromatic heterocycles. The highest BCUT2D eigenvalue weighted by Gasteiger charge is 2.60. The predicted molar refractivity (Wildman–Crippen MR) is 122 cm³/mol. The smallest absolute Gasteiger partial charge is 0.181 e. The minimum Gasteiger partial charge on any atom is -0.480 e. The highest BCUT2D eigenvalue weighted by molar-refractivity contribution is 5.09. The van der Waals surface area contributed by atoms with E-state index in [0.29, 0.717) is 10.8 Å². The maximum atomic E-state index is 5.84. The first-order valence-corrected chi connectivity index (χ1v) is 12.8. The molecule has 4 aliphatic rings. The Morgan fingerprint density at radius 1 is 0.966 bits per heavy atom. The fraction of sp³-hybridized carbons (Fsp3) is 0.926. The van der Waals surface area contributed by atoms with Crippen molar-refractivity contribution >= 4 is 0 Å². The highest BCUT2D eigenvalue weighted by atomic mass is 16.5. The molecule has 0 radical (unpaired) electrons. The van der Waals surface area contributed by atoms with E-state index in [1.165, 1.54) is 70.6 Å². The van der Waals surface area contributed by atoms with Crippen molar-refractivity contribution in [2.45, 2.75) is 91.4 Å². The Kier molecular flexibility index (Phi) is 6.04. The second-order valence-electron chi connectivity index (χ2n) is 12.0. The third-order valence-corrected chi connectivity index (χ3v) is 10.6. The summed E-state index contributed by atoms with van der Waals surface area (Å²) in [5.41, 5.74) is 1.25. The van der Waals surface area contributed by atoms with Crippen LogP contribution in [-0.4, -0.2) is 25.6 Å². The van der Waals surface area contributed by atoms with Crippen molar-refractivity contribution in [1.82, 2.24) is 4.90 Å². The molecule has 2 nitrogen and oxygen atoms in total. The molecule has 4 aliphatic carbocycles. The molecule has 0 amide bonds. The average Bonchev–Trinajstić information content (AvgIpc) is 3.01. The number of rotatable bonds is 6. The zero-order valence-corrected chi connectivity index (χ0v) is 20.0. The molecule has 0 N–H and O–H groups in total. The van der Waals surface area contributed by atoms with Crippen molar-refractivity contribution in [3.05, 3.63) is 12.5 Å². The zero-order valence-electron chi connectivity index (χ0n) is 20.0. The molecule has 0 bridgehead atoms. The molecule has 166 valence electrons. The van der Waals surface area contributed by atoms with Crippen LogP contribution in [0.1, 0.15) is 91.4 Å². The molecule has 0 aromatic rings. The molecular formula is C27H47NO. The molecule has 0 heterocycles. The van der Waals surface area contributed by atoms with Gasteiger partial charge in [0.05, 0.1) is 6.61 Å². The first-order chi connectivity index (χ1) is 13.8. The van der Waals surface area contributed by atoms with Gasteiger partial charge < -0.3 is 9.64 Å². The van der Waals surface area contributed by atoms with E-state index in [1.807, 2.05) is 19.0 Å². The summed E-state index contributed by atoms with van der Waals surface area (Å²) in [7, 11) is 4.01. The topological polar surface area (TPSA) is 12.5 Å². The van der Waals surface area contributed by atoms with Gasteiger partial charge in [0.25, 0.3) is 0 Å². The van der Waals surface area contributed by atoms with E-state index in [1.54, 1.807) is 0 Å². The van der Waals surface area contributed by atoms with Gasteiger partial charge in [0.15, 0.2) is 5.88 Å². The molecule has 29 heavy (non-hydrogen) atoms. The minimum atomic E-state index is 0.595. The maximum absolute atomic E-state index is 5.84. The Balaban J connectivity index is 1.41. The molecule has 4 saturated carbocycles. The van der Waals surface area contributed by atoms with Crippen molar-refractivity contribution in [3.63, 3.8) is 0 Å². The normalized spacial score (nSPS) is 46.4. The fourth-order valence-corrected chi connectivity index (χ4v) is 9.04. The van der Waals surface area contributed by atoms with Crippen LogP contribution in [-0.2, 0) is 4.74 Å². The van der Waals surface area contributed by atoms with Crippen molar-refractivity contribution in [3.8, 4) is 0 Å². The van der Waals surface area contributed by atoms with Crippen LogP contribution < -0.4 is 0 Å². The Hall–Kier alpha value is -0.660. The van der Waals surface area contributed by atoms with Crippen molar-refractivity contribution in [1.29, 1.82) is 0 Å². The van der Waals surface area contributed by atoms with E-state index in [2.05, 4.69) is 27.4 Å². The molecular weight excluding hydrogens is 354 g/mol. The second kappa shape index (κ2) is 8.12. The van der Waals surface area contributed by atoms with Crippen LogP contribution in [0.5, 0.6) is 0 Å². The summed E-state index contributed by atoms with van der Waals surface area (Å²) in [6.45, 7) is 12.8. The lowest BCUT2D eigenvalue weighted by atomic mass is 9.43. The first kappa shape index (κ1) is 21.6. The van der Waals surface area contributed by atoms with Crippen LogP contribution in [0.3, 0.4) is 0 Å². The summed E-state index contributed by atoms with van der Waals surface area (Å²) in [6.07, 6.45) is 16.1. The van der Waals surface area contributed by atoms with Gasteiger partial charge in [-0.3, -0.25) is 0 Å². The van der Waals surface area contributed by atoms with E-state index in [-0.39, 0.29) is 0 Å². The van der Waals surface area contributed by atoms with Gasteiger partial charge in [-0.1, -0.05) is 33.6 Å². The van der Waals surface area contributed by atoms with Crippen LogP contribution >= 0.6 is 0 Å². The Labute approximate surface area is 180 Å². The minimum absolute atomic E-state index is 0.595. The molecule has 0 aromatic carbocycles. The molecule has 4 fully saturated rings. The van der Waals surface area contributed by atoms with Gasteiger partial charge in [0, 0.05) is 14.1 Å². The van der Waals surface area contributed by atoms with Gasteiger partial charge in [-0.25, -0.2) is 0 Å². The largest absolute Gasteiger partial charge is 0.480 e. The van der Waals surface area contributed by atoms with Gasteiger partial charge in [-0.15, -0.1) is 0 Å². The second-order valence-corrected chi connectivity index (χ2v) is 12.0. The molecule has 8 atom stereocenters. The quantitative estimate of drug-likeness (QED) is 0.347. The van der Waals surface area contributed by atoms with Crippen LogP contribution in [0, 0.1) is 46.3 Å². The lowest BCUT2D eigenvalue weighted by molar-refractivity contribution is -0.132. The summed E-state index contributed by atoms with van der Waals surface area (Å²) < 4.78 is 5.84. The Bertz CT molecular complexity index is 599. The molecule has 2 unspecified atom stereocenters. The fourth-order valence-electron chi connectivity index (χ4n) is 9.04. The third kappa shape index (κ3) is 3.65. The Morgan fingerprint density at radius 2 is 1.72 bits per heavy atom. The van der Waals surface area contributed by atoms with Crippen LogP contribution in [0.2, 0.25) is 0 Å². The van der Waals surface area contributed by atoms with Crippen molar-refractivity contribution in [2.24, 2.45) is 46.3 Å². The standard InChI is InChI=1S/C27H47NO/c1-19-18-22-24-13-12-21(10-9-17-29-20(2)28(5)6)26(24,3)16-14-25(22)27(4)15-8-7-11-23(19)27/h19,21-25H,2,7-18H2,1,3-6H3/t19-,21?,22-,23-,24?,25-,26+,27-/m0/s1. The van der Waals surface area contributed by atoms with Gasteiger partial charge in [0.1, 0.15) is 0 Å². The van der Waals surface area contributed by atoms with E-state index in [4.69, 9.17) is 4.74 Å². The number of nitrogens with zero attached hydrogens (tertiary/aromatic N) is 1. The van der Waals surface area contributed by atoms with Gasteiger partial charge >= 0.3 is 0 Å².